The van der Waals surface area contributed by atoms with E-state index in [1.807, 2.05) is 6.08 Å². The fourth-order valence-corrected chi connectivity index (χ4v) is 3.93. The molecule has 4 rings (SSSR count). The van der Waals surface area contributed by atoms with Crippen LogP contribution in [0.25, 0.3) is 11.1 Å². The van der Waals surface area contributed by atoms with Crippen molar-refractivity contribution in [1.29, 1.82) is 0 Å². The first kappa shape index (κ1) is 14.4. The third-order valence-corrected chi connectivity index (χ3v) is 5.16. The van der Waals surface area contributed by atoms with Crippen LogP contribution in [0.5, 0.6) is 0 Å². The van der Waals surface area contributed by atoms with E-state index in [9.17, 15) is 0 Å². The minimum atomic E-state index is 0.523. The molecular weight excluding hydrogens is 274 g/mol. The average molecular weight is 294 g/mol. The van der Waals surface area contributed by atoms with Crippen molar-refractivity contribution in [1.82, 2.24) is 0 Å². The monoisotopic (exact) mass is 294 g/mol. The first-order valence-corrected chi connectivity index (χ1v) is 8.45. The maximum absolute atomic E-state index is 3.88. The van der Waals surface area contributed by atoms with Gasteiger partial charge in [0, 0.05) is 0 Å². The minimum absolute atomic E-state index is 0.523. The molecule has 3 aliphatic rings. The first-order chi connectivity index (χ1) is 11.2. The Morgan fingerprint density at radius 3 is 2.57 bits per heavy atom. The summed E-state index contributed by atoms with van der Waals surface area (Å²) in [4.78, 5) is 0. The molecule has 23 heavy (non-hydrogen) atoms. The summed E-state index contributed by atoms with van der Waals surface area (Å²) < 4.78 is 0. The van der Waals surface area contributed by atoms with Crippen molar-refractivity contribution < 1.29 is 0 Å². The molecular formula is C21H20B2. The quantitative estimate of drug-likeness (QED) is 0.699. The number of allylic oxidation sites excluding steroid dienone is 11. The van der Waals surface area contributed by atoms with Gasteiger partial charge < -0.3 is 0 Å². The second-order valence-corrected chi connectivity index (χ2v) is 6.67. The van der Waals surface area contributed by atoms with Crippen LogP contribution in [0.3, 0.4) is 0 Å². The number of rotatable bonds is 1. The molecule has 0 saturated heterocycles. The molecule has 2 aliphatic heterocycles. The van der Waals surface area contributed by atoms with Crippen LogP contribution in [0.1, 0.15) is 25.0 Å². The van der Waals surface area contributed by atoms with Crippen LogP contribution in [-0.4, -0.2) is 14.6 Å². The highest BCUT2D eigenvalue weighted by molar-refractivity contribution is 6.71. The zero-order chi connectivity index (χ0) is 16.0. The molecule has 110 valence electrons. The lowest BCUT2D eigenvalue weighted by atomic mass is 9.64. The molecule has 1 aromatic carbocycles. The van der Waals surface area contributed by atoms with Gasteiger partial charge in [0.15, 0.2) is 14.6 Å². The van der Waals surface area contributed by atoms with Crippen molar-refractivity contribution in [3.63, 3.8) is 0 Å². The summed E-state index contributed by atoms with van der Waals surface area (Å²) in [7, 11) is 2.09. The summed E-state index contributed by atoms with van der Waals surface area (Å²) in [6.07, 6.45) is 15.6. The van der Waals surface area contributed by atoms with Gasteiger partial charge in [0.1, 0.15) is 0 Å². The molecule has 2 heteroatoms. The summed E-state index contributed by atoms with van der Waals surface area (Å²) >= 11 is 0. The molecule has 0 unspecified atom stereocenters. The Morgan fingerprint density at radius 2 is 1.78 bits per heavy atom. The van der Waals surface area contributed by atoms with Gasteiger partial charge in [-0.1, -0.05) is 90.0 Å². The lowest BCUT2D eigenvalue weighted by Gasteiger charge is -2.08. The normalized spacial score (nSPS) is 24.2. The van der Waals surface area contributed by atoms with Crippen molar-refractivity contribution in [3.05, 3.63) is 83.3 Å². The van der Waals surface area contributed by atoms with Crippen molar-refractivity contribution in [2.24, 2.45) is 5.92 Å². The largest absolute Gasteiger partial charge is 0.193 e. The second kappa shape index (κ2) is 5.45. The van der Waals surface area contributed by atoms with E-state index in [0.717, 1.165) is 14.6 Å². The van der Waals surface area contributed by atoms with E-state index in [0.29, 0.717) is 5.92 Å². The zero-order valence-corrected chi connectivity index (χ0v) is 13.9. The van der Waals surface area contributed by atoms with Gasteiger partial charge in [-0.2, -0.15) is 0 Å². The van der Waals surface area contributed by atoms with Gasteiger partial charge in [0.05, 0.1) is 0 Å². The molecule has 0 N–H and O–H groups in total. The van der Waals surface area contributed by atoms with Crippen LogP contribution in [-0.2, 0) is 0 Å². The van der Waals surface area contributed by atoms with E-state index in [1.165, 1.54) is 44.1 Å². The Balaban J connectivity index is 1.85. The Labute approximate surface area is 140 Å². The molecule has 0 fully saturated rings. The third-order valence-electron chi connectivity index (χ3n) is 5.16. The first-order valence-electron chi connectivity index (χ1n) is 8.45. The predicted octanol–water partition coefficient (Wildman–Crippen LogP) is 2.78. The molecule has 0 aromatic heterocycles. The third kappa shape index (κ3) is 2.25. The lowest BCUT2D eigenvalue weighted by Crippen LogP contribution is -2.21. The summed E-state index contributed by atoms with van der Waals surface area (Å²) in [6, 6.07) is 4.84. The number of benzene rings is 1. The highest BCUT2D eigenvalue weighted by Gasteiger charge is 2.27. The summed E-state index contributed by atoms with van der Waals surface area (Å²) in [6.45, 7) is 8.26. The number of fused-ring (bicyclic) bond motifs is 3. The molecule has 1 aromatic rings. The summed E-state index contributed by atoms with van der Waals surface area (Å²) in [5.74, 6) is 0.523. The molecule has 0 radical (unpaired) electrons. The topological polar surface area (TPSA) is 0 Å². The van der Waals surface area contributed by atoms with Gasteiger partial charge in [-0.15, -0.1) is 0 Å². The van der Waals surface area contributed by atoms with E-state index in [4.69, 9.17) is 0 Å². The van der Waals surface area contributed by atoms with Gasteiger partial charge in [0.25, 0.3) is 0 Å². The van der Waals surface area contributed by atoms with Gasteiger partial charge in [-0.25, -0.2) is 0 Å². The fraction of sp³-hybridized carbons (Fsp3) is 0.143. The van der Waals surface area contributed by atoms with Crippen molar-refractivity contribution in [2.75, 3.05) is 0 Å². The van der Waals surface area contributed by atoms with E-state index >= 15 is 0 Å². The highest BCUT2D eigenvalue weighted by Crippen LogP contribution is 2.32. The van der Waals surface area contributed by atoms with Crippen molar-refractivity contribution in [2.45, 2.75) is 13.8 Å². The molecule has 0 amide bonds. The van der Waals surface area contributed by atoms with Crippen LogP contribution < -0.4 is 10.9 Å². The summed E-state index contributed by atoms with van der Waals surface area (Å²) in [5.41, 5.74) is 11.4. The van der Waals surface area contributed by atoms with Crippen molar-refractivity contribution in [3.8, 4) is 0 Å². The van der Waals surface area contributed by atoms with Gasteiger partial charge in [-0.3, -0.25) is 0 Å². The minimum Gasteiger partial charge on any atom is -0.0990 e. The van der Waals surface area contributed by atoms with Crippen LogP contribution in [0.4, 0.5) is 0 Å². The van der Waals surface area contributed by atoms with E-state index in [2.05, 4.69) is 69.0 Å². The lowest BCUT2D eigenvalue weighted by molar-refractivity contribution is 0.942. The Morgan fingerprint density at radius 1 is 1.04 bits per heavy atom. The second-order valence-electron chi connectivity index (χ2n) is 6.67. The zero-order valence-electron chi connectivity index (χ0n) is 13.9. The van der Waals surface area contributed by atoms with Crippen LogP contribution in [0, 0.1) is 5.92 Å². The molecule has 0 bridgehead atoms. The van der Waals surface area contributed by atoms with Gasteiger partial charge in [-0.05, 0) is 35.1 Å². The molecule has 0 saturated carbocycles. The van der Waals surface area contributed by atoms with Crippen LogP contribution in [0.15, 0.2) is 72.2 Å². The fourth-order valence-electron chi connectivity index (χ4n) is 3.93. The van der Waals surface area contributed by atoms with E-state index in [1.54, 1.807) is 0 Å². The number of hydrogen-bond acceptors (Lipinski definition) is 0. The van der Waals surface area contributed by atoms with E-state index in [-0.39, 0.29) is 0 Å². The average Bonchev–Trinajstić information content (AvgIpc) is 3.00. The Kier molecular flexibility index (Phi) is 3.41. The highest BCUT2D eigenvalue weighted by atomic mass is 14.2. The molecule has 1 aliphatic carbocycles. The van der Waals surface area contributed by atoms with Gasteiger partial charge in [0.2, 0.25) is 0 Å². The number of hydrogen-bond donors (Lipinski definition) is 0. The van der Waals surface area contributed by atoms with Crippen LogP contribution >= 0.6 is 0 Å². The van der Waals surface area contributed by atoms with E-state index < -0.39 is 0 Å². The standard InChI is InChI=1S/C21H20B2/c1-4-6-14-16-11-21-17(12-20(16)22-18(14)5-2)15-9-7-13(3)8-10-19(15)23-21/h4-13,22-23H,1H2,2-3H3/b14-6-,18-5+/t13-/m1/s1. The SMILES string of the molecule is C=C/C=C1\C(=C/C)Bc2cc3c(cc21)BC1=C3C=C[C@@H](C)C=C1. The predicted molar refractivity (Wildman–Crippen MR) is 106 cm³/mol. The van der Waals surface area contributed by atoms with Gasteiger partial charge >= 0.3 is 0 Å². The molecule has 1 atom stereocenters. The molecule has 0 spiro atoms. The maximum Gasteiger partial charge on any atom is 0.193 e. The Hall–Kier alpha value is -2.21. The maximum atomic E-state index is 3.88. The van der Waals surface area contributed by atoms with Crippen molar-refractivity contribution >= 4 is 36.6 Å². The van der Waals surface area contributed by atoms with Crippen LogP contribution in [0.2, 0.25) is 0 Å². The summed E-state index contributed by atoms with van der Waals surface area (Å²) in [5, 5.41) is 0. The molecule has 0 nitrogen and oxygen atoms in total. The molecule has 2 heterocycles. The smallest absolute Gasteiger partial charge is 0.0990 e. The Bertz CT molecular complexity index is 860.